The number of amides is 1. The Morgan fingerprint density at radius 3 is 2.47 bits per heavy atom. The van der Waals surface area contributed by atoms with Gasteiger partial charge in [0.25, 0.3) is 5.91 Å². The molecular formula is C12H18N2O. The molecule has 1 amide bonds. The van der Waals surface area contributed by atoms with Gasteiger partial charge < -0.3 is 4.90 Å². The number of hydrogen-bond acceptors (Lipinski definition) is 2. The first kappa shape index (κ1) is 11.7. The van der Waals surface area contributed by atoms with Gasteiger partial charge in [-0.2, -0.15) is 0 Å². The van der Waals surface area contributed by atoms with Gasteiger partial charge in [0.05, 0.1) is 0 Å². The normalized spacial score (nSPS) is 11.3. The Bertz CT molecular complexity index is 366. The third-order valence-electron chi connectivity index (χ3n) is 2.45. The number of rotatable bonds is 1. The van der Waals surface area contributed by atoms with Gasteiger partial charge in [-0.15, -0.1) is 0 Å². The van der Waals surface area contributed by atoms with Crippen LogP contribution in [0.4, 0.5) is 0 Å². The van der Waals surface area contributed by atoms with E-state index in [1.807, 2.05) is 40.8 Å². The first-order chi connectivity index (χ1) is 6.82. The molecule has 82 valence electrons. The van der Waals surface area contributed by atoms with Gasteiger partial charge in [0.2, 0.25) is 0 Å². The number of carbonyl (C=O) groups is 1. The van der Waals surface area contributed by atoms with Gasteiger partial charge in [0.15, 0.2) is 0 Å². The molecule has 0 unspecified atom stereocenters. The minimum absolute atomic E-state index is 0.0352. The van der Waals surface area contributed by atoms with Crippen LogP contribution in [0, 0.1) is 6.92 Å². The van der Waals surface area contributed by atoms with E-state index in [0.29, 0.717) is 5.56 Å². The first-order valence-corrected chi connectivity index (χ1v) is 5.03. The van der Waals surface area contributed by atoms with Gasteiger partial charge in [-0.1, -0.05) is 0 Å². The quantitative estimate of drug-likeness (QED) is 0.706. The number of aryl methyl sites for hydroxylation is 1. The highest BCUT2D eigenvalue weighted by Gasteiger charge is 2.23. The standard InChI is InChI=1S/C12H18N2O/c1-9-8-10(6-7-13-9)11(15)14(5)12(2,3)4/h6-8H,1-5H3. The van der Waals surface area contributed by atoms with Crippen LogP contribution in [-0.2, 0) is 0 Å². The van der Waals surface area contributed by atoms with E-state index in [2.05, 4.69) is 4.98 Å². The van der Waals surface area contributed by atoms with E-state index in [1.54, 1.807) is 17.2 Å². The highest BCUT2D eigenvalue weighted by Crippen LogP contribution is 2.14. The molecule has 0 fully saturated rings. The second-order valence-corrected chi connectivity index (χ2v) is 4.72. The fraction of sp³-hybridized carbons (Fsp3) is 0.500. The van der Waals surface area contributed by atoms with Gasteiger partial charge in [-0.3, -0.25) is 9.78 Å². The van der Waals surface area contributed by atoms with E-state index in [-0.39, 0.29) is 11.4 Å². The summed E-state index contributed by atoms with van der Waals surface area (Å²) >= 11 is 0. The minimum atomic E-state index is -0.158. The molecule has 0 spiro atoms. The molecule has 0 bridgehead atoms. The maximum Gasteiger partial charge on any atom is 0.254 e. The molecule has 0 saturated heterocycles. The van der Waals surface area contributed by atoms with Crippen molar-refractivity contribution < 1.29 is 4.79 Å². The van der Waals surface area contributed by atoms with Crippen molar-refractivity contribution in [2.45, 2.75) is 33.2 Å². The van der Waals surface area contributed by atoms with Crippen LogP contribution in [0.15, 0.2) is 18.3 Å². The molecule has 3 nitrogen and oxygen atoms in total. The molecule has 3 heteroatoms. The van der Waals surface area contributed by atoms with E-state index >= 15 is 0 Å². The Labute approximate surface area is 91.1 Å². The van der Waals surface area contributed by atoms with E-state index in [0.717, 1.165) is 5.69 Å². The summed E-state index contributed by atoms with van der Waals surface area (Å²) in [5, 5.41) is 0. The van der Waals surface area contributed by atoms with Gasteiger partial charge in [0, 0.05) is 30.0 Å². The highest BCUT2D eigenvalue weighted by atomic mass is 16.2. The van der Waals surface area contributed by atoms with Crippen LogP contribution in [0.2, 0.25) is 0 Å². The SMILES string of the molecule is Cc1cc(C(=O)N(C)C(C)(C)C)ccn1. The predicted octanol–water partition coefficient (Wildman–Crippen LogP) is 2.26. The number of pyridine rings is 1. The minimum Gasteiger partial charge on any atom is -0.337 e. The monoisotopic (exact) mass is 206 g/mol. The van der Waals surface area contributed by atoms with Gasteiger partial charge in [-0.25, -0.2) is 0 Å². The average Bonchev–Trinajstić information content (AvgIpc) is 2.14. The molecule has 1 aromatic rings. The van der Waals surface area contributed by atoms with E-state index in [1.165, 1.54) is 0 Å². The summed E-state index contributed by atoms with van der Waals surface area (Å²) in [6.45, 7) is 7.92. The molecule has 0 aromatic carbocycles. The number of aromatic nitrogens is 1. The van der Waals surface area contributed by atoms with E-state index < -0.39 is 0 Å². The van der Waals surface area contributed by atoms with Crippen LogP contribution >= 0.6 is 0 Å². The second-order valence-electron chi connectivity index (χ2n) is 4.72. The molecule has 0 aliphatic rings. The molecule has 15 heavy (non-hydrogen) atoms. The van der Waals surface area contributed by atoms with Gasteiger partial charge >= 0.3 is 0 Å². The highest BCUT2D eigenvalue weighted by molar-refractivity contribution is 5.94. The largest absolute Gasteiger partial charge is 0.337 e. The topological polar surface area (TPSA) is 33.2 Å². The zero-order valence-electron chi connectivity index (χ0n) is 10.0. The lowest BCUT2D eigenvalue weighted by molar-refractivity contribution is 0.0655. The van der Waals surface area contributed by atoms with Crippen LogP contribution < -0.4 is 0 Å². The van der Waals surface area contributed by atoms with Crippen molar-refractivity contribution in [3.63, 3.8) is 0 Å². The summed E-state index contributed by atoms with van der Waals surface area (Å²) in [7, 11) is 1.82. The van der Waals surface area contributed by atoms with E-state index in [4.69, 9.17) is 0 Å². The third kappa shape index (κ3) is 2.78. The molecular weight excluding hydrogens is 188 g/mol. The summed E-state index contributed by atoms with van der Waals surface area (Å²) in [4.78, 5) is 17.9. The Hall–Kier alpha value is -1.38. The van der Waals surface area contributed by atoms with E-state index in [9.17, 15) is 4.79 Å². The molecule has 0 aliphatic heterocycles. The van der Waals surface area contributed by atoms with Crippen molar-refractivity contribution in [3.8, 4) is 0 Å². The summed E-state index contributed by atoms with van der Waals surface area (Å²) in [6.07, 6.45) is 1.67. The molecule has 1 heterocycles. The lowest BCUT2D eigenvalue weighted by Crippen LogP contribution is -2.42. The van der Waals surface area contributed by atoms with Crippen LogP contribution in [0.5, 0.6) is 0 Å². The molecule has 0 radical (unpaired) electrons. The second kappa shape index (κ2) is 4.01. The predicted molar refractivity (Wildman–Crippen MR) is 60.8 cm³/mol. The first-order valence-electron chi connectivity index (χ1n) is 5.03. The average molecular weight is 206 g/mol. The van der Waals surface area contributed by atoms with Crippen molar-refractivity contribution in [1.29, 1.82) is 0 Å². The summed E-state index contributed by atoms with van der Waals surface area (Å²) in [5.41, 5.74) is 1.40. The maximum atomic E-state index is 12.0. The molecule has 0 atom stereocenters. The summed E-state index contributed by atoms with van der Waals surface area (Å²) in [6, 6.07) is 3.56. The fourth-order valence-electron chi connectivity index (χ4n) is 1.18. The summed E-state index contributed by atoms with van der Waals surface area (Å²) < 4.78 is 0. The zero-order chi connectivity index (χ0) is 11.6. The van der Waals surface area contributed by atoms with Crippen molar-refractivity contribution >= 4 is 5.91 Å². The van der Waals surface area contributed by atoms with Crippen LogP contribution in [-0.4, -0.2) is 28.4 Å². The van der Waals surface area contributed by atoms with Gasteiger partial charge in [0.1, 0.15) is 0 Å². The van der Waals surface area contributed by atoms with Gasteiger partial charge in [-0.05, 0) is 39.8 Å². The Kier molecular flexibility index (Phi) is 3.12. The molecule has 1 rings (SSSR count). The lowest BCUT2D eigenvalue weighted by Gasteiger charge is -2.32. The molecule has 1 aromatic heterocycles. The number of nitrogens with zero attached hydrogens (tertiary/aromatic N) is 2. The third-order valence-corrected chi connectivity index (χ3v) is 2.45. The van der Waals surface area contributed by atoms with Crippen LogP contribution in [0.25, 0.3) is 0 Å². The maximum absolute atomic E-state index is 12.0. The Morgan fingerprint density at radius 1 is 1.40 bits per heavy atom. The Balaban J connectivity index is 2.95. The number of hydrogen-bond donors (Lipinski definition) is 0. The van der Waals surface area contributed by atoms with Crippen molar-refractivity contribution in [2.75, 3.05) is 7.05 Å². The lowest BCUT2D eigenvalue weighted by atomic mass is 10.1. The fourth-order valence-corrected chi connectivity index (χ4v) is 1.18. The van der Waals surface area contributed by atoms with Crippen molar-refractivity contribution in [3.05, 3.63) is 29.6 Å². The van der Waals surface area contributed by atoms with Crippen LogP contribution in [0.3, 0.4) is 0 Å². The number of carbonyl (C=O) groups excluding carboxylic acids is 1. The zero-order valence-corrected chi connectivity index (χ0v) is 10.0. The van der Waals surface area contributed by atoms with Crippen LogP contribution in [0.1, 0.15) is 36.8 Å². The van der Waals surface area contributed by atoms with Crippen molar-refractivity contribution in [1.82, 2.24) is 9.88 Å². The molecule has 0 saturated carbocycles. The Morgan fingerprint density at radius 2 is 2.00 bits per heavy atom. The smallest absolute Gasteiger partial charge is 0.254 e. The molecule has 0 aliphatic carbocycles. The van der Waals surface area contributed by atoms with Crippen molar-refractivity contribution in [2.24, 2.45) is 0 Å². The molecule has 0 N–H and O–H groups in total. The summed E-state index contributed by atoms with van der Waals surface area (Å²) in [5.74, 6) is 0.0352.